The summed E-state index contributed by atoms with van der Waals surface area (Å²) in [6.45, 7) is 4.21. The van der Waals surface area contributed by atoms with Gasteiger partial charge in [-0.3, -0.25) is 4.90 Å². The van der Waals surface area contributed by atoms with E-state index in [4.69, 9.17) is 12.2 Å². The topological polar surface area (TPSA) is 3.24 Å². The van der Waals surface area contributed by atoms with Gasteiger partial charge in [0.1, 0.15) is 4.32 Å². The molecule has 0 aromatic heterocycles. The summed E-state index contributed by atoms with van der Waals surface area (Å²) in [6.07, 6.45) is 0. The quantitative estimate of drug-likeness (QED) is 0.717. The van der Waals surface area contributed by atoms with Gasteiger partial charge >= 0.3 is 0 Å². The molecule has 2 rings (SSSR count). The van der Waals surface area contributed by atoms with Crippen LogP contribution in [0.15, 0.2) is 54.6 Å². The highest BCUT2D eigenvalue weighted by Gasteiger charge is 2.13. The number of aryl methyl sites for hydroxylation is 1. The van der Waals surface area contributed by atoms with Crippen molar-refractivity contribution in [2.45, 2.75) is 13.8 Å². The van der Waals surface area contributed by atoms with Crippen LogP contribution in [-0.4, -0.2) is 10.1 Å². The minimum Gasteiger partial charge on any atom is -0.296 e. The summed E-state index contributed by atoms with van der Waals surface area (Å²) in [5, 5.41) is 0. The van der Waals surface area contributed by atoms with Crippen molar-refractivity contribution in [2.24, 2.45) is 0 Å². The van der Waals surface area contributed by atoms with E-state index in [2.05, 4.69) is 55.1 Å². The molecule has 0 aliphatic carbocycles. The van der Waals surface area contributed by atoms with E-state index < -0.39 is 0 Å². The van der Waals surface area contributed by atoms with Gasteiger partial charge in [0.05, 0.1) is 0 Å². The lowest BCUT2D eigenvalue weighted by Crippen LogP contribution is -2.21. The number of para-hydroxylation sites is 1. The van der Waals surface area contributed by atoms with Gasteiger partial charge in [0.15, 0.2) is 0 Å². The molecule has 19 heavy (non-hydrogen) atoms. The molecule has 98 valence electrons. The normalized spacial score (nSPS) is 10.2. The van der Waals surface area contributed by atoms with Crippen LogP contribution in [0.2, 0.25) is 0 Å². The maximum Gasteiger partial charge on any atom is 0.145 e. The molecular formula is C16H17NS2. The van der Waals surface area contributed by atoms with Crippen molar-refractivity contribution in [3.8, 4) is 0 Å². The predicted octanol–water partition coefficient (Wildman–Crippen LogP) is 5.17. The first-order valence-electron chi connectivity index (χ1n) is 6.31. The molecule has 0 spiro atoms. The molecule has 0 unspecified atom stereocenters. The van der Waals surface area contributed by atoms with E-state index in [9.17, 15) is 0 Å². The lowest BCUT2D eigenvalue weighted by molar-refractivity contribution is 1.36. The SMILES string of the molecule is CCSC(=S)N(c1ccccc1)c1ccc(C)cc1. The number of nitrogens with zero attached hydrogens (tertiary/aromatic N) is 1. The van der Waals surface area contributed by atoms with E-state index >= 15 is 0 Å². The first-order valence-corrected chi connectivity index (χ1v) is 7.70. The van der Waals surface area contributed by atoms with Crippen LogP contribution in [0.1, 0.15) is 12.5 Å². The molecule has 2 aromatic carbocycles. The second kappa shape index (κ2) is 6.73. The molecule has 0 bridgehead atoms. The summed E-state index contributed by atoms with van der Waals surface area (Å²) in [6, 6.07) is 18.7. The Morgan fingerprint density at radius 1 is 1.00 bits per heavy atom. The zero-order chi connectivity index (χ0) is 13.7. The Morgan fingerprint density at radius 2 is 1.58 bits per heavy atom. The van der Waals surface area contributed by atoms with Gasteiger partial charge in [0.25, 0.3) is 0 Å². The van der Waals surface area contributed by atoms with Gasteiger partial charge in [-0.2, -0.15) is 0 Å². The molecule has 1 nitrogen and oxygen atoms in total. The molecule has 0 saturated carbocycles. The minimum absolute atomic E-state index is 0.887. The number of benzene rings is 2. The Hall–Kier alpha value is -1.32. The van der Waals surface area contributed by atoms with Gasteiger partial charge in [-0.25, -0.2) is 0 Å². The fourth-order valence-corrected chi connectivity index (χ4v) is 2.97. The smallest absolute Gasteiger partial charge is 0.145 e. The third-order valence-electron chi connectivity index (χ3n) is 2.76. The van der Waals surface area contributed by atoms with Crippen molar-refractivity contribution in [3.05, 3.63) is 60.2 Å². The van der Waals surface area contributed by atoms with Gasteiger partial charge in [-0.1, -0.05) is 66.8 Å². The fourth-order valence-electron chi connectivity index (χ4n) is 1.82. The third kappa shape index (κ3) is 3.58. The van der Waals surface area contributed by atoms with Crippen molar-refractivity contribution < 1.29 is 0 Å². The van der Waals surface area contributed by atoms with E-state index in [0.29, 0.717) is 0 Å². The summed E-state index contributed by atoms with van der Waals surface area (Å²) in [5.74, 6) is 0.980. The molecule has 0 saturated heterocycles. The molecule has 0 radical (unpaired) electrons. The van der Waals surface area contributed by atoms with Crippen LogP contribution < -0.4 is 4.90 Å². The highest BCUT2D eigenvalue weighted by molar-refractivity contribution is 8.23. The Morgan fingerprint density at radius 3 is 2.16 bits per heavy atom. The van der Waals surface area contributed by atoms with Crippen molar-refractivity contribution >= 4 is 39.7 Å². The van der Waals surface area contributed by atoms with Gasteiger partial charge in [-0.05, 0) is 36.9 Å². The average molecular weight is 287 g/mol. The average Bonchev–Trinajstić information content (AvgIpc) is 2.43. The molecule has 2 aromatic rings. The van der Waals surface area contributed by atoms with E-state index in [1.165, 1.54) is 5.56 Å². The molecule has 0 N–H and O–H groups in total. The van der Waals surface area contributed by atoms with Crippen LogP contribution in [0.25, 0.3) is 0 Å². The number of anilines is 2. The maximum absolute atomic E-state index is 5.56. The molecule has 0 fully saturated rings. The van der Waals surface area contributed by atoms with Crippen LogP contribution in [0, 0.1) is 6.92 Å². The van der Waals surface area contributed by atoms with Crippen LogP contribution in [0.4, 0.5) is 11.4 Å². The van der Waals surface area contributed by atoms with Crippen molar-refractivity contribution in [2.75, 3.05) is 10.7 Å². The summed E-state index contributed by atoms with van der Waals surface area (Å²) in [4.78, 5) is 2.13. The molecule has 0 atom stereocenters. The highest BCUT2D eigenvalue weighted by Crippen LogP contribution is 2.29. The number of rotatable bonds is 3. The van der Waals surface area contributed by atoms with Gasteiger partial charge in [-0.15, -0.1) is 0 Å². The van der Waals surface area contributed by atoms with Crippen LogP contribution in [0.3, 0.4) is 0 Å². The first-order chi connectivity index (χ1) is 9.22. The standard InChI is InChI=1S/C16H17NS2/c1-3-19-16(18)17(14-7-5-4-6-8-14)15-11-9-13(2)10-12-15/h4-12H,3H2,1-2H3. The van der Waals surface area contributed by atoms with E-state index in [-0.39, 0.29) is 0 Å². The van der Waals surface area contributed by atoms with E-state index in [1.807, 2.05) is 18.2 Å². The van der Waals surface area contributed by atoms with Crippen LogP contribution >= 0.6 is 24.0 Å². The zero-order valence-corrected chi connectivity index (χ0v) is 12.8. The van der Waals surface area contributed by atoms with Crippen LogP contribution in [0.5, 0.6) is 0 Å². The maximum atomic E-state index is 5.56. The Bertz CT molecular complexity index is 534. The lowest BCUT2D eigenvalue weighted by atomic mass is 10.2. The number of hydrogen-bond donors (Lipinski definition) is 0. The van der Waals surface area contributed by atoms with Gasteiger partial charge in [0.2, 0.25) is 0 Å². The number of hydrogen-bond acceptors (Lipinski definition) is 2. The molecule has 0 amide bonds. The summed E-state index contributed by atoms with van der Waals surface area (Å²) < 4.78 is 0.887. The molecule has 0 aliphatic rings. The van der Waals surface area contributed by atoms with Crippen molar-refractivity contribution in [1.82, 2.24) is 0 Å². The molecule has 3 heteroatoms. The van der Waals surface area contributed by atoms with Crippen molar-refractivity contribution in [1.29, 1.82) is 0 Å². The Kier molecular flexibility index (Phi) is 5.00. The zero-order valence-electron chi connectivity index (χ0n) is 11.2. The second-order valence-corrected chi connectivity index (χ2v) is 6.10. The van der Waals surface area contributed by atoms with Gasteiger partial charge in [0, 0.05) is 11.4 Å². The lowest BCUT2D eigenvalue weighted by Gasteiger charge is -2.25. The predicted molar refractivity (Wildman–Crippen MR) is 90.5 cm³/mol. The highest BCUT2D eigenvalue weighted by atomic mass is 32.2. The summed E-state index contributed by atoms with van der Waals surface area (Å²) in [7, 11) is 0. The number of thiocarbonyl (C=S) groups is 1. The first kappa shape index (κ1) is 14.1. The van der Waals surface area contributed by atoms with Gasteiger partial charge < -0.3 is 0 Å². The molecular weight excluding hydrogens is 270 g/mol. The largest absolute Gasteiger partial charge is 0.296 e. The van der Waals surface area contributed by atoms with Crippen LogP contribution in [-0.2, 0) is 0 Å². The number of thioether (sulfide) groups is 1. The molecule has 0 heterocycles. The van der Waals surface area contributed by atoms with E-state index in [0.717, 1.165) is 21.4 Å². The fraction of sp³-hybridized carbons (Fsp3) is 0.188. The third-order valence-corrected chi connectivity index (χ3v) is 4.01. The Labute approximate surface area is 124 Å². The Balaban J connectivity index is 2.40. The minimum atomic E-state index is 0.887. The monoisotopic (exact) mass is 287 g/mol. The van der Waals surface area contributed by atoms with E-state index in [1.54, 1.807) is 11.8 Å². The summed E-state index contributed by atoms with van der Waals surface area (Å²) in [5.41, 5.74) is 3.48. The second-order valence-electron chi connectivity index (χ2n) is 4.21. The van der Waals surface area contributed by atoms with Crippen molar-refractivity contribution in [3.63, 3.8) is 0 Å². The molecule has 0 aliphatic heterocycles. The summed E-state index contributed by atoms with van der Waals surface area (Å²) >= 11 is 7.25.